The van der Waals surface area contributed by atoms with E-state index in [1.54, 1.807) is 49.5 Å². The summed E-state index contributed by atoms with van der Waals surface area (Å²) >= 11 is 0. The second-order valence-corrected chi connectivity index (χ2v) is 8.77. The molecule has 1 amide bonds. The Balaban J connectivity index is 0.00000253. The Morgan fingerprint density at radius 1 is 1.14 bits per heavy atom. The zero-order valence-corrected chi connectivity index (χ0v) is 19.4. The number of aromatic nitrogens is 2. The molecule has 7 nitrogen and oxygen atoms in total. The standard InChI is InChI=1S/C24H21F3N4O3.ClH/c1-30(15-6-8-19-20(11-15)34-12-33-19)23(32)13-3-2-4-16(9-13)31-18-10-14-5-7-17(28-14)21(18)22(29-31)24(25,26)27;/h2-4,6,8-9,11,14,17,28H,5,7,10,12H2,1H3;1H. The zero-order valence-electron chi connectivity index (χ0n) is 18.6. The van der Waals surface area contributed by atoms with Crippen LogP contribution in [-0.4, -0.2) is 35.6 Å². The van der Waals surface area contributed by atoms with Crippen LogP contribution in [0.3, 0.4) is 0 Å². The first-order valence-electron chi connectivity index (χ1n) is 11.0. The molecular formula is C24H22ClF3N4O3. The number of alkyl halides is 3. The van der Waals surface area contributed by atoms with Crippen LogP contribution >= 0.6 is 12.4 Å². The minimum atomic E-state index is -4.56. The van der Waals surface area contributed by atoms with Gasteiger partial charge in [-0.25, -0.2) is 4.68 Å². The predicted molar refractivity (Wildman–Crippen MR) is 124 cm³/mol. The molecular weight excluding hydrogens is 485 g/mol. The van der Waals surface area contributed by atoms with Crippen molar-refractivity contribution < 1.29 is 27.4 Å². The third kappa shape index (κ3) is 3.90. The highest BCUT2D eigenvalue weighted by Gasteiger charge is 2.45. The van der Waals surface area contributed by atoms with E-state index in [-0.39, 0.29) is 42.8 Å². The van der Waals surface area contributed by atoms with Gasteiger partial charge in [0.15, 0.2) is 17.2 Å². The van der Waals surface area contributed by atoms with Crippen molar-refractivity contribution in [2.75, 3.05) is 18.7 Å². The first-order valence-corrected chi connectivity index (χ1v) is 11.0. The van der Waals surface area contributed by atoms with Crippen LogP contribution in [0.4, 0.5) is 18.9 Å². The maximum atomic E-state index is 13.8. The average molecular weight is 507 g/mol. The number of benzene rings is 2. The predicted octanol–water partition coefficient (Wildman–Crippen LogP) is 4.67. The summed E-state index contributed by atoms with van der Waals surface area (Å²) in [6.45, 7) is 0.129. The average Bonchev–Trinajstić information content (AvgIpc) is 3.55. The van der Waals surface area contributed by atoms with Crippen LogP contribution in [0.5, 0.6) is 11.5 Å². The van der Waals surface area contributed by atoms with E-state index in [0.29, 0.717) is 47.0 Å². The fourth-order valence-corrected chi connectivity index (χ4v) is 5.07. The molecule has 3 aromatic rings. The summed E-state index contributed by atoms with van der Waals surface area (Å²) in [5.74, 6) is 0.857. The lowest BCUT2D eigenvalue weighted by Gasteiger charge is -2.23. The second-order valence-electron chi connectivity index (χ2n) is 8.77. The summed E-state index contributed by atoms with van der Waals surface area (Å²) in [6, 6.07) is 11.5. The Bertz CT molecular complexity index is 1310. The van der Waals surface area contributed by atoms with Crippen LogP contribution in [0.2, 0.25) is 0 Å². The number of carbonyl (C=O) groups is 1. The number of fused-ring (bicyclic) bond motifs is 5. The van der Waals surface area contributed by atoms with Crippen molar-refractivity contribution in [3.05, 3.63) is 65.0 Å². The van der Waals surface area contributed by atoms with E-state index in [1.807, 2.05) is 0 Å². The minimum absolute atomic E-state index is 0. The second kappa shape index (κ2) is 8.46. The van der Waals surface area contributed by atoms with Gasteiger partial charge in [-0.2, -0.15) is 18.3 Å². The normalized spacial score (nSPS) is 19.8. The molecule has 2 atom stereocenters. The molecule has 0 radical (unpaired) electrons. The lowest BCUT2D eigenvalue weighted by atomic mass is 9.99. The van der Waals surface area contributed by atoms with Crippen molar-refractivity contribution in [1.82, 2.24) is 15.1 Å². The number of hydrogen-bond acceptors (Lipinski definition) is 5. The third-order valence-electron chi connectivity index (χ3n) is 6.70. The smallest absolute Gasteiger partial charge is 0.435 e. The maximum absolute atomic E-state index is 13.8. The quantitative estimate of drug-likeness (QED) is 0.559. The summed E-state index contributed by atoms with van der Waals surface area (Å²) in [4.78, 5) is 14.7. The van der Waals surface area contributed by atoms with Crippen LogP contribution in [0.15, 0.2) is 42.5 Å². The van der Waals surface area contributed by atoms with E-state index in [2.05, 4.69) is 10.4 Å². The summed E-state index contributed by atoms with van der Waals surface area (Å²) in [7, 11) is 1.63. The van der Waals surface area contributed by atoms with Gasteiger partial charge in [-0.1, -0.05) is 6.07 Å². The van der Waals surface area contributed by atoms with Crippen molar-refractivity contribution in [3.8, 4) is 17.2 Å². The lowest BCUT2D eigenvalue weighted by Crippen LogP contribution is -2.33. The van der Waals surface area contributed by atoms with Gasteiger partial charge in [-0.05, 0) is 43.2 Å². The number of amides is 1. The van der Waals surface area contributed by atoms with E-state index in [4.69, 9.17) is 9.47 Å². The molecule has 6 rings (SSSR count). The van der Waals surface area contributed by atoms with E-state index in [0.717, 1.165) is 6.42 Å². The molecule has 1 aromatic heterocycles. The lowest BCUT2D eigenvalue weighted by molar-refractivity contribution is -0.142. The molecule has 1 fully saturated rings. The maximum Gasteiger partial charge on any atom is 0.435 e. The fourth-order valence-electron chi connectivity index (χ4n) is 5.07. The van der Waals surface area contributed by atoms with Crippen LogP contribution in [0, 0.1) is 0 Å². The van der Waals surface area contributed by atoms with Crippen molar-refractivity contribution in [3.63, 3.8) is 0 Å². The molecule has 11 heteroatoms. The monoisotopic (exact) mass is 506 g/mol. The third-order valence-corrected chi connectivity index (χ3v) is 6.70. The van der Waals surface area contributed by atoms with Crippen LogP contribution in [0.25, 0.3) is 5.69 Å². The Kier molecular flexibility index (Phi) is 5.68. The first kappa shape index (κ1) is 23.5. The SMILES string of the molecule is CN(C(=O)c1cccc(-n2nc(C(F)(F)F)c3c2CC2CCC3N2)c1)c1ccc2c(c1)OCO2.Cl. The van der Waals surface area contributed by atoms with Gasteiger partial charge in [-0.3, -0.25) is 4.79 Å². The Morgan fingerprint density at radius 2 is 1.94 bits per heavy atom. The zero-order chi connectivity index (χ0) is 23.6. The molecule has 1 saturated heterocycles. The molecule has 0 aliphatic carbocycles. The largest absolute Gasteiger partial charge is 0.454 e. The number of rotatable bonds is 3. The van der Waals surface area contributed by atoms with Gasteiger partial charge in [0.25, 0.3) is 5.91 Å². The van der Waals surface area contributed by atoms with E-state index in [1.165, 1.54) is 9.58 Å². The van der Waals surface area contributed by atoms with Gasteiger partial charge in [0.2, 0.25) is 6.79 Å². The molecule has 3 aliphatic rings. The summed E-state index contributed by atoms with van der Waals surface area (Å²) in [6.07, 6.45) is -2.61. The molecule has 0 saturated carbocycles. The van der Waals surface area contributed by atoms with Crippen LogP contribution in [0.1, 0.15) is 46.2 Å². The Hall–Kier alpha value is -3.24. The molecule has 2 unspecified atom stereocenters. The molecule has 3 aliphatic heterocycles. The summed E-state index contributed by atoms with van der Waals surface area (Å²) in [5.41, 5.74) is 1.32. The topological polar surface area (TPSA) is 68.6 Å². The number of ether oxygens (including phenoxy) is 2. The van der Waals surface area contributed by atoms with Crippen LogP contribution in [-0.2, 0) is 12.6 Å². The van der Waals surface area contributed by atoms with Crippen molar-refractivity contribution >= 4 is 24.0 Å². The number of carbonyl (C=O) groups excluding carboxylic acids is 1. The number of halogens is 4. The fraction of sp³-hybridized carbons (Fsp3) is 0.333. The minimum Gasteiger partial charge on any atom is -0.454 e. The van der Waals surface area contributed by atoms with Crippen molar-refractivity contribution in [1.29, 1.82) is 0 Å². The highest BCUT2D eigenvalue weighted by molar-refractivity contribution is 6.06. The van der Waals surface area contributed by atoms with Gasteiger partial charge in [0.05, 0.1) is 11.4 Å². The molecule has 4 heterocycles. The van der Waals surface area contributed by atoms with Gasteiger partial charge < -0.3 is 19.7 Å². The molecule has 184 valence electrons. The van der Waals surface area contributed by atoms with Gasteiger partial charge in [0.1, 0.15) is 0 Å². The highest BCUT2D eigenvalue weighted by Crippen LogP contribution is 2.44. The summed E-state index contributed by atoms with van der Waals surface area (Å²) < 4.78 is 53.6. The number of hydrogen-bond donors (Lipinski definition) is 1. The number of anilines is 1. The van der Waals surface area contributed by atoms with Crippen molar-refractivity contribution in [2.45, 2.75) is 37.5 Å². The van der Waals surface area contributed by atoms with E-state index in [9.17, 15) is 18.0 Å². The van der Waals surface area contributed by atoms with Gasteiger partial charge >= 0.3 is 6.18 Å². The molecule has 35 heavy (non-hydrogen) atoms. The number of nitrogens with zero attached hydrogens (tertiary/aromatic N) is 3. The molecule has 2 bridgehead atoms. The highest BCUT2D eigenvalue weighted by atomic mass is 35.5. The van der Waals surface area contributed by atoms with Gasteiger partial charge in [0, 0.05) is 48.4 Å². The van der Waals surface area contributed by atoms with Crippen molar-refractivity contribution in [2.24, 2.45) is 0 Å². The van der Waals surface area contributed by atoms with E-state index < -0.39 is 11.9 Å². The van der Waals surface area contributed by atoms with E-state index >= 15 is 0 Å². The number of nitrogens with one attached hydrogen (secondary N) is 1. The molecule has 0 spiro atoms. The van der Waals surface area contributed by atoms with Gasteiger partial charge in [-0.15, -0.1) is 12.4 Å². The van der Waals surface area contributed by atoms with Crippen LogP contribution < -0.4 is 19.7 Å². The summed E-state index contributed by atoms with van der Waals surface area (Å²) in [5, 5.41) is 7.26. The Morgan fingerprint density at radius 3 is 2.74 bits per heavy atom. The molecule has 2 aromatic carbocycles. The Labute approximate surface area is 205 Å². The first-order chi connectivity index (χ1) is 16.3. The molecule has 1 N–H and O–H groups in total.